The Bertz CT molecular complexity index is 1100. The molecule has 1 fully saturated rings. The maximum absolute atomic E-state index is 12.3. The van der Waals surface area contributed by atoms with Crippen LogP contribution < -0.4 is 11.2 Å². The lowest BCUT2D eigenvalue weighted by atomic mass is 10.1. The van der Waals surface area contributed by atoms with Gasteiger partial charge >= 0.3 is 5.69 Å². The van der Waals surface area contributed by atoms with Gasteiger partial charge in [-0.15, -0.1) is 11.8 Å². The van der Waals surface area contributed by atoms with Crippen LogP contribution in [0, 0.1) is 0 Å². The minimum Gasteiger partial charge on any atom is -0.394 e. The molecule has 0 saturated carbocycles. The number of nitrogens with one attached hydrogen (secondary N) is 1. The van der Waals surface area contributed by atoms with Gasteiger partial charge in [-0.25, -0.2) is 4.79 Å². The minimum atomic E-state index is -0.859. The van der Waals surface area contributed by atoms with Gasteiger partial charge in [-0.05, 0) is 16.8 Å². The quantitative estimate of drug-likeness (QED) is 0.562. The van der Waals surface area contributed by atoms with E-state index in [1.807, 2.05) is 42.5 Å². The predicted molar refractivity (Wildman–Crippen MR) is 106 cm³/mol. The predicted octanol–water partition coefficient (Wildman–Crippen LogP) is 1.62. The summed E-state index contributed by atoms with van der Waals surface area (Å²) in [5, 5.41) is 21.4. The van der Waals surface area contributed by atoms with Gasteiger partial charge in [0.2, 0.25) is 0 Å². The summed E-state index contributed by atoms with van der Waals surface area (Å²) in [7, 11) is 0. The average molecular weight is 400 g/mol. The SMILES string of the molecule is O=c1[nH]c(=O)n([C@H]2C[C@H](O)[C@@H](CO)O2)cc1CSc1cccc2ccccc12. The molecule has 3 aromatic rings. The molecule has 1 aromatic heterocycles. The monoisotopic (exact) mass is 400 g/mol. The third kappa shape index (κ3) is 3.64. The Kier molecular flexibility index (Phi) is 5.36. The van der Waals surface area contributed by atoms with Gasteiger partial charge < -0.3 is 14.9 Å². The molecule has 2 aromatic carbocycles. The minimum absolute atomic E-state index is 0.174. The molecule has 1 saturated heterocycles. The van der Waals surface area contributed by atoms with E-state index >= 15 is 0 Å². The second-order valence-corrected chi connectivity index (χ2v) is 7.72. The van der Waals surface area contributed by atoms with Crippen LogP contribution in [0.3, 0.4) is 0 Å². The molecule has 2 heterocycles. The zero-order valence-corrected chi connectivity index (χ0v) is 15.8. The zero-order valence-electron chi connectivity index (χ0n) is 14.9. The molecule has 146 valence electrons. The second-order valence-electron chi connectivity index (χ2n) is 6.70. The molecule has 7 nitrogen and oxygen atoms in total. The van der Waals surface area contributed by atoms with Crippen molar-refractivity contribution in [2.45, 2.75) is 35.5 Å². The van der Waals surface area contributed by atoms with Crippen molar-refractivity contribution in [3.05, 3.63) is 75.1 Å². The van der Waals surface area contributed by atoms with E-state index in [-0.39, 0.29) is 13.0 Å². The summed E-state index contributed by atoms with van der Waals surface area (Å²) in [5.41, 5.74) is -0.603. The van der Waals surface area contributed by atoms with Crippen LogP contribution in [-0.2, 0) is 10.5 Å². The van der Waals surface area contributed by atoms with Crippen molar-refractivity contribution in [2.24, 2.45) is 0 Å². The summed E-state index contributed by atoms with van der Waals surface area (Å²) in [5.74, 6) is 0.377. The molecule has 4 rings (SSSR count). The maximum atomic E-state index is 12.3. The first-order chi connectivity index (χ1) is 13.6. The molecule has 0 spiro atoms. The summed E-state index contributed by atoms with van der Waals surface area (Å²) in [6, 6.07) is 14.0. The molecular formula is C20H20N2O5S. The van der Waals surface area contributed by atoms with Crippen molar-refractivity contribution in [3.63, 3.8) is 0 Å². The summed E-state index contributed by atoms with van der Waals surface area (Å²) < 4.78 is 6.82. The first-order valence-electron chi connectivity index (χ1n) is 8.96. The zero-order chi connectivity index (χ0) is 19.7. The Labute approximate surface area is 164 Å². The number of aromatic nitrogens is 2. The molecule has 8 heteroatoms. The number of aliphatic hydroxyl groups is 2. The fraction of sp³-hybridized carbons (Fsp3) is 0.300. The molecular weight excluding hydrogens is 380 g/mol. The molecule has 1 aliphatic rings. The first-order valence-corrected chi connectivity index (χ1v) is 9.94. The van der Waals surface area contributed by atoms with Crippen molar-refractivity contribution >= 4 is 22.5 Å². The lowest BCUT2D eigenvalue weighted by molar-refractivity contribution is -0.0459. The second kappa shape index (κ2) is 7.92. The largest absolute Gasteiger partial charge is 0.394 e. The fourth-order valence-electron chi connectivity index (χ4n) is 3.37. The Hall–Kier alpha value is -2.39. The van der Waals surface area contributed by atoms with E-state index in [1.54, 1.807) is 0 Å². The lowest BCUT2D eigenvalue weighted by Gasteiger charge is -2.15. The number of fused-ring (bicyclic) bond motifs is 1. The van der Waals surface area contributed by atoms with Gasteiger partial charge in [-0.3, -0.25) is 14.3 Å². The molecule has 28 heavy (non-hydrogen) atoms. The molecule has 0 aliphatic carbocycles. The van der Waals surface area contributed by atoms with E-state index in [2.05, 4.69) is 4.98 Å². The third-order valence-electron chi connectivity index (χ3n) is 4.87. The van der Waals surface area contributed by atoms with Crippen LogP contribution in [0.25, 0.3) is 10.8 Å². The number of ether oxygens (including phenoxy) is 1. The number of rotatable bonds is 5. The highest BCUT2D eigenvalue weighted by molar-refractivity contribution is 7.98. The van der Waals surface area contributed by atoms with Crippen molar-refractivity contribution in [3.8, 4) is 0 Å². The third-order valence-corrected chi connectivity index (χ3v) is 5.99. The number of benzene rings is 2. The average Bonchev–Trinajstić information content (AvgIpc) is 3.07. The highest BCUT2D eigenvalue weighted by Crippen LogP contribution is 2.30. The topological polar surface area (TPSA) is 105 Å². The molecule has 3 atom stereocenters. The number of H-pyrrole nitrogens is 1. The van der Waals surface area contributed by atoms with E-state index in [4.69, 9.17) is 4.74 Å². The molecule has 0 amide bonds. The Balaban J connectivity index is 1.60. The van der Waals surface area contributed by atoms with Gasteiger partial charge in [-0.2, -0.15) is 0 Å². The van der Waals surface area contributed by atoms with Crippen LogP contribution in [0.1, 0.15) is 18.2 Å². The number of hydrogen-bond donors (Lipinski definition) is 3. The highest BCUT2D eigenvalue weighted by atomic mass is 32.2. The first kappa shape index (κ1) is 18.9. The van der Waals surface area contributed by atoms with Gasteiger partial charge in [0.25, 0.3) is 5.56 Å². The maximum Gasteiger partial charge on any atom is 0.330 e. The van der Waals surface area contributed by atoms with E-state index in [0.717, 1.165) is 15.7 Å². The standard InChI is InChI=1S/C20H20N2O5S/c23-10-16-15(24)8-18(27-16)22-9-13(19(25)21-20(22)26)11-28-17-7-3-5-12-4-1-2-6-14(12)17/h1-7,9,15-16,18,23-24H,8,10-11H2,(H,21,25,26)/t15-,16+,18+/m0/s1. The smallest absolute Gasteiger partial charge is 0.330 e. The van der Waals surface area contributed by atoms with Crippen molar-refractivity contribution < 1.29 is 14.9 Å². The summed E-state index contributed by atoms with van der Waals surface area (Å²) >= 11 is 1.51. The molecule has 0 radical (unpaired) electrons. The van der Waals surface area contributed by atoms with Crippen LogP contribution >= 0.6 is 11.8 Å². The van der Waals surface area contributed by atoms with Crippen molar-refractivity contribution in [2.75, 3.05) is 6.61 Å². The van der Waals surface area contributed by atoms with Gasteiger partial charge in [0.1, 0.15) is 12.3 Å². The number of aliphatic hydroxyl groups excluding tert-OH is 2. The highest BCUT2D eigenvalue weighted by Gasteiger charge is 2.35. The number of thioether (sulfide) groups is 1. The Morgan fingerprint density at radius 2 is 1.96 bits per heavy atom. The van der Waals surface area contributed by atoms with Gasteiger partial charge in [0.15, 0.2) is 0 Å². The number of hydrogen-bond acceptors (Lipinski definition) is 6. The van der Waals surface area contributed by atoms with Crippen LogP contribution in [0.4, 0.5) is 0 Å². The van der Waals surface area contributed by atoms with Crippen LogP contribution in [0.5, 0.6) is 0 Å². The van der Waals surface area contributed by atoms with Gasteiger partial charge in [-0.1, -0.05) is 36.4 Å². The summed E-state index contributed by atoms with van der Waals surface area (Å²) in [4.78, 5) is 27.8. The molecule has 3 N–H and O–H groups in total. The molecule has 0 bridgehead atoms. The van der Waals surface area contributed by atoms with E-state index in [9.17, 15) is 19.8 Å². The van der Waals surface area contributed by atoms with Gasteiger partial charge in [0, 0.05) is 28.8 Å². The van der Waals surface area contributed by atoms with E-state index in [0.29, 0.717) is 11.3 Å². The van der Waals surface area contributed by atoms with E-state index in [1.165, 1.54) is 22.5 Å². The van der Waals surface area contributed by atoms with Crippen LogP contribution in [0.15, 0.2) is 63.1 Å². The Morgan fingerprint density at radius 3 is 2.75 bits per heavy atom. The van der Waals surface area contributed by atoms with Crippen molar-refractivity contribution in [1.82, 2.24) is 9.55 Å². The summed E-state index contributed by atoms with van der Waals surface area (Å²) in [6.07, 6.45) is -0.666. The van der Waals surface area contributed by atoms with Crippen molar-refractivity contribution in [1.29, 1.82) is 0 Å². The van der Waals surface area contributed by atoms with Crippen LogP contribution in [0.2, 0.25) is 0 Å². The van der Waals surface area contributed by atoms with E-state index < -0.39 is 29.7 Å². The number of aromatic amines is 1. The normalized spacial score (nSPS) is 22.0. The summed E-state index contributed by atoms with van der Waals surface area (Å²) in [6.45, 7) is -0.334. The lowest BCUT2D eigenvalue weighted by Crippen LogP contribution is -2.34. The van der Waals surface area contributed by atoms with Gasteiger partial charge in [0.05, 0.1) is 12.7 Å². The van der Waals surface area contributed by atoms with Crippen LogP contribution in [-0.4, -0.2) is 38.6 Å². The molecule has 0 unspecified atom stereocenters. The Morgan fingerprint density at radius 1 is 1.18 bits per heavy atom. The number of nitrogens with zero attached hydrogens (tertiary/aromatic N) is 1. The molecule has 1 aliphatic heterocycles. The fourth-order valence-corrected chi connectivity index (χ4v) is 4.40.